The molecule has 104 valence electrons. The molecule has 2 rings (SSSR count). The third-order valence-corrected chi connectivity index (χ3v) is 2.74. The molecule has 7 heteroatoms. The van der Waals surface area contributed by atoms with Gasteiger partial charge < -0.3 is 5.73 Å². The van der Waals surface area contributed by atoms with Crippen LogP contribution in [-0.4, -0.2) is 26.1 Å². The van der Waals surface area contributed by atoms with Crippen LogP contribution >= 0.6 is 0 Å². The maximum Gasteiger partial charge on any atom is 0.276 e. The Kier molecular flexibility index (Phi) is 4.19. The number of amides is 1. The number of hydrogen-bond donors (Lipinski definition) is 2. The minimum absolute atomic E-state index is 0.174. The van der Waals surface area contributed by atoms with Gasteiger partial charge in [0.2, 0.25) is 5.95 Å². The maximum absolute atomic E-state index is 12.0. The van der Waals surface area contributed by atoms with Crippen molar-refractivity contribution in [3.05, 3.63) is 35.3 Å². The Morgan fingerprint density at radius 2 is 1.90 bits per heavy atom. The van der Waals surface area contributed by atoms with Crippen LogP contribution in [0, 0.1) is 0 Å². The van der Waals surface area contributed by atoms with Crippen molar-refractivity contribution < 1.29 is 4.79 Å². The van der Waals surface area contributed by atoms with Gasteiger partial charge in [0.1, 0.15) is 11.5 Å². The fraction of sp³-hybridized carbons (Fsp3) is 0.308. The molecule has 3 N–H and O–H groups in total. The number of carbonyl (C=O) groups is 1. The first kappa shape index (κ1) is 13.9. The minimum atomic E-state index is -0.412. The number of aryl methyl sites for hydroxylation is 2. The Labute approximate surface area is 116 Å². The number of rotatable bonds is 4. The van der Waals surface area contributed by atoms with Crippen molar-refractivity contribution in [1.82, 2.24) is 20.2 Å². The van der Waals surface area contributed by atoms with E-state index in [-0.39, 0.29) is 17.5 Å². The van der Waals surface area contributed by atoms with Crippen LogP contribution in [0.15, 0.2) is 18.2 Å². The first-order chi connectivity index (χ1) is 9.63. The number of nitrogens with two attached hydrogens (primary N) is 1. The van der Waals surface area contributed by atoms with Gasteiger partial charge >= 0.3 is 0 Å². The molecule has 0 radical (unpaired) electrons. The molecule has 0 aromatic carbocycles. The number of nitrogen functional groups attached to an aromatic ring is 1. The van der Waals surface area contributed by atoms with Crippen LogP contribution in [0.4, 0.5) is 11.8 Å². The highest BCUT2D eigenvalue weighted by Gasteiger charge is 2.12. The van der Waals surface area contributed by atoms with Crippen LogP contribution < -0.4 is 11.1 Å². The van der Waals surface area contributed by atoms with E-state index in [9.17, 15) is 4.79 Å². The van der Waals surface area contributed by atoms with Gasteiger partial charge in [-0.1, -0.05) is 19.9 Å². The van der Waals surface area contributed by atoms with Crippen molar-refractivity contribution in [2.75, 3.05) is 11.1 Å². The normalized spacial score (nSPS) is 10.3. The average Bonchev–Trinajstić information content (AvgIpc) is 2.47. The second kappa shape index (κ2) is 6.05. The van der Waals surface area contributed by atoms with E-state index in [1.165, 1.54) is 0 Å². The fourth-order valence-corrected chi connectivity index (χ4v) is 1.73. The molecule has 0 saturated heterocycles. The van der Waals surface area contributed by atoms with Crippen LogP contribution in [-0.2, 0) is 12.8 Å². The summed E-state index contributed by atoms with van der Waals surface area (Å²) >= 11 is 0. The molecular formula is C13H16N6O. The molecular weight excluding hydrogens is 256 g/mol. The third-order valence-electron chi connectivity index (χ3n) is 2.74. The zero-order valence-electron chi connectivity index (χ0n) is 11.4. The van der Waals surface area contributed by atoms with Crippen molar-refractivity contribution in [1.29, 1.82) is 0 Å². The Morgan fingerprint density at radius 3 is 2.55 bits per heavy atom. The summed E-state index contributed by atoms with van der Waals surface area (Å²) in [5, 5.41) is 10.5. The summed E-state index contributed by atoms with van der Waals surface area (Å²) in [5.41, 5.74) is 7.42. The standard InChI is InChI=1S/C13H16N6O/c1-3-8-9(4-2)18-19-13(16-8)17-12(20)10-6-5-7-11(14)15-10/h5-7H,3-4H2,1-2H3,(H2,14,15)(H,16,17,19,20). The van der Waals surface area contributed by atoms with Gasteiger partial charge in [0, 0.05) is 0 Å². The van der Waals surface area contributed by atoms with E-state index < -0.39 is 5.91 Å². The number of aromatic nitrogens is 4. The molecule has 0 aliphatic heterocycles. The van der Waals surface area contributed by atoms with Gasteiger partial charge in [-0.15, -0.1) is 10.2 Å². The van der Waals surface area contributed by atoms with Gasteiger partial charge in [-0.3, -0.25) is 10.1 Å². The van der Waals surface area contributed by atoms with Gasteiger partial charge in [0.15, 0.2) is 0 Å². The van der Waals surface area contributed by atoms with Crippen molar-refractivity contribution in [3.8, 4) is 0 Å². The molecule has 0 aliphatic rings. The smallest absolute Gasteiger partial charge is 0.276 e. The van der Waals surface area contributed by atoms with Gasteiger partial charge in [0.25, 0.3) is 5.91 Å². The monoisotopic (exact) mass is 272 g/mol. The van der Waals surface area contributed by atoms with Crippen molar-refractivity contribution >= 4 is 17.7 Å². The quantitative estimate of drug-likeness (QED) is 0.866. The molecule has 0 atom stereocenters. The summed E-state index contributed by atoms with van der Waals surface area (Å²) < 4.78 is 0. The SMILES string of the molecule is CCc1nnc(NC(=O)c2cccc(N)n2)nc1CC. The summed E-state index contributed by atoms with van der Waals surface area (Å²) in [6.45, 7) is 3.97. The highest BCUT2D eigenvalue weighted by molar-refractivity contribution is 6.01. The highest BCUT2D eigenvalue weighted by Crippen LogP contribution is 2.08. The van der Waals surface area contributed by atoms with Crippen LogP contribution in [0.2, 0.25) is 0 Å². The largest absolute Gasteiger partial charge is 0.384 e. The molecule has 2 heterocycles. The number of nitrogens with zero attached hydrogens (tertiary/aromatic N) is 4. The van der Waals surface area contributed by atoms with E-state index in [1.807, 2.05) is 13.8 Å². The van der Waals surface area contributed by atoms with Gasteiger partial charge in [-0.05, 0) is 25.0 Å². The Balaban J connectivity index is 2.19. The molecule has 2 aromatic rings. The summed E-state index contributed by atoms with van der Waals surface area (Å²) in [5.74, 6) is 0.0472. The van der Waals surface area contributed by atoms with Crippen LogP contribution in [0.5, 0.6) is 0 Å². The van der Waals surface area contributed by atoms with Crippen LogP contribution in [0.3, 0.4) is 0 Å². The number of hydrogen-bond acceptors (Lipinski definition) is 6. The molecule has 20 heavy (non-hydrogen) atoms. The van der Waals surface area contributed by atoms with E-state index in [0.29, 0.717) is 0 Å². The van der Waals surface area contributed by atoms with E-state index in [4.69, 9.17) is 5.73 Å². The van der Waals surface area contributed by atoms with Gasteiger partial charge in [-0.2, -0.15) is 0 Å². The van der Waals surface area contributed by atoms with Crippen LogP contribution in [0.25, 0.3) is 0 Å². The molecule has 0 saturated carbocycles. The lowest BCUT2D eigenvalue weighted by molar-refractivity contribution is 0.102. The first-order valence-corrected chi connectivity index (χ1v) is 6.40. The van der Waals surface area contributed by atoms with Crippen LogP contribution in [0.1, 0.15) is 35.7 Å². The lowest BCUT2D eigenvalue weighted by atomic mass is 10.2. The minimum Gasteiger partial charge on any atom is -0.384 e. The molecule has 0 aliphatic carbocycles. The average molecular weight is 272 g/mol. The highest BCUT2D eigenvalue weighted by atomic mass is 16.2. The zero-order valence-corrected chi connectivity index (χ0v) is 11.4. The molecule has 2 aromatic heterocycles. The second-order valence-corrected chi connectivity index (χ2v) is 4.14. The molecule has 0 unspecified atom stereocenters. The first-order valence-electron chi connectivity index (χ1n) is 6.40. The Hall–Kier alpha value is -2.57. The number of carbonyl (C=O) groups excluding carboxylic acids is 1. The molecule has 0 spiro atoms. The molecule has 0 bridgehead atoms. The number of nitrogens with one attached hydrogen (secondary N) is 1. The summed E-state index contributed by atoms with van der Waals surface area (Å²) in [4.78, 5) is 20.2. The summed E-state index contributed by atoms with van der Waals surface area (Å²) in [7, 11) is 0. The Bertz CT molecular complexity index is 628. The lowest BCUT2D eigenvalue weighted by Gasteiger charge is -2.06. The summed E-state index contributed by atoms with van der Waals surface area (Å²) in [6.07, 6.45) is 1.49. The lowest BCUT2D eigenvalue weighted by Crippen LogP contribution is -2.18. The predicted molar refractivity (Wildman–Crippen MR) is 75.2 cm³/mol. The van der Waals surface area contributed by atoms with Gasteiger partial charge in [0.05, 0.1) is 11.4 Å². The Morgan fingerprint density at radius 1 is 1.15 bits per heavy atom. The second-order valence-electron chi connectivity index (χ2n) is 4.14. The molecule has 7 nitrogen and oxygen atoms in total. The molecule has 0 fully saturated rings. The maximum atomic E-state index is 12.0. The van der Waals surface area contributed by atoms with E-state index in [1.54, 1.807) is 18.2 Å². The van der Waals surface area contributed by atoms with E-state index in [0.717, 1.165) is 24.2 Å². The van der Waals surface area contributed by atoms with Gasteiger partial charge in [-0.25, -0.2) is 9.97 Å². The topological polar surface area (TPSA) is 107 Å². The van der Waals surface area contributed by atoms with Crippen molar-refractivity contribution in [2.45, 2.75) is 26.7 Å². The van der Waals surface area contributed by atoms with E-state index in [2.05, 4.69) is 25.5 Å². The fourth-order valence-electron chi connectivity index (χ4n) is 1.73. The van der Waals surface area contributed by atoms with E-state index >= 15 is 0 Å². The van der Waals surface area contributed by atoms with Crippen molar-refractivity contribution in [3.63, 3.8) is 0 Å². The predicted octanol–water partition coefficient (Wildman–Crippen LogP) is 1.23. The third kappa shape index (κ3) is 3.05. The number of pyridine rings is 1. The molecule has 1 amide bonds. The van der Waals surface area contributed by atoms with Crippen molar-refractivity contribution in [2.24, 2.45) is 0 Å². The summed E-state index contributed by atoms with van der Waals surface area (Å²) in [6, 6.07) is 4.84. The zero-order chi connectivity index (χ0) is 14.5. The number of anilines is 2.